The minimum Gasteiger partial charge on any atom is -0.225 e. The minimum absolute atomic E-state index is 0.109. The molecule has 1 aliphatic rings. The van der Waals surface area contributed by atoms with E-state index < -0.39 is 0 Å². The van der Waals surface area contributed by atoms with Gasteiger partial charge in [-0.05, 0) is 27.7 Å². The number of hydrazine groups is 3. The third-order valence-electron chi connectivity index (χ3n) is 1.39. The molecule has 60 valence electrons. The number of nitrogens with one attached hydrogen (secondary N) is 3. The molecule has 4 nitrogen and oxygen atoms in total. The lowest BCUT2D eigenvalue weighted by atomic mass is 10.1. The maximum absolute atomic E-state index is 3.20. The average molecular weight is 144 g/mol. The van der Waals surface area contributed by atoms with E-state index in [1.807, 2.05) is 5.12 Å². The number of hydrogen-bond donors (Lipinski definition) is 3. The zero-order valence-electron chi connectivity index (χ0n) is 7.02. The molecule has 1 saturated heterocycles. The van der Waals surface area contributed by atoms with Gasteiger partial charge >= 0.3 is 0 Å². The standard InChI is InChI=1S/C6H16N4/c1-5-7-9-10(8-5)6(2,3)4/h5,7-9H,1-4H3. The number of hydrogen-bond acceptors (Lipinski definition) is 4. The molecule has 0 spiro atoms. The van der Waals surface area contributed by atoms with E-state index >= 15 is 0 Å². The van der Waals surface area contributed by atoms with Crippen LogP contribution in [0.5, 0.6) is 0 Å². The van der Waals surface area contributed by atoms with E-state index in [4.69, 9.17) is 0 Å². The topological polar surface area (TPSA) is 39.3 Å². The highest BCUT2D eigenvalue weighted by molar-refractivity contribution is 4.73. The fourth-order valence-corrected chi connectivity index (χ4v) is 0.781. The average Bonchev–Trinajstić information content (AvgIpc) is 2.11. The summed E-state index contributed by atoms with van der Waals surface area (Å²) in [5.41, 5.74) is 9.37. The van der Waals surface area contributed by atoms with Crippen LogP contribution in [0.3, 0.4) is 0 Å². The summed E-state index contributed by atoms with van der Waals surface area (Å²) in [7, 11) is 0. The molecule has 0 saturated carbocycles. The Kier molecular flexibility index (Phi) is 1.96. The van der Waals surface area contributed by atoms with Crippen molar-refractivity contribution in [3.05, 3.63) is 0 Å². The van der Waals surface area contributed by atoms with Gasteiger partial charge in [0, 0.05) is 5.54 Å². The monoisotopic (exact) mass is 144 g/mol. The predicted octanol–water partition coefficient (Wildman–Crippen LogP) is -0.0397. The van der Waals surface area contributed by atoms with Gasteiger partial charge in [0.25, 0.3) is 0 Å². The van der Waals surface area contributed by atoms with Gasteiger partial charge in [-0.15, -0.1) is 0 Å². The van der Waals surface area contributed by atoms with Gasteiger partial charge in [-0.3, -0.25) is 0 Å². The van der Waals surface area contributed by atoms with Crippen molar-refractivity contribution in [2.75, 3.05) is 0 Å². The smallest absolute Gasteiger partial charge is 0.0833 e. The van der Waals surface area contributed by atoms with E-state index in [0.717, 1.165) is 0 Å². The highest BCUT2D eigenvalue weighted by Gasteiger charge is 2.26. The van der Waals surface area contributed by atoms with Crippen molar-refractivity contribution < 1.29 is 0 Å². The summed E-state index contributed by atoms with van der Waals surface area (Å²) >= 11 is 0. The van der Waals surface area contributed by atoms with Gasteiger partial charge in [0.15, 0.2) is 0 Å². The predicted molar refractivity (Wildman–Crippen MR) is 40.5 cm³/mol. The van der Waals surface area contributed by atoms with Crippen molar-refractivity contribution in [1.29, 1.82) is 0 Å². The molecule has 1 atom stereocenters. The Hall–Kier alpha value is -0.160. The Labute approximate surface area is 61.9 Å². The highest BCUT2D eigenvalue weighted by Crippen LogP contribution is 2.08. The number of nitrogens with zero attached hydrogens (tertiary/aromatic N) is 1. The second kappa shape index (κ2) is 2.47. The van der Waals surface area contributed by atoms with Gasteiger partial charge in [-0.25, -0.2) is 10.9 Å². The lowest BCUT2D eigenvalue weighted by Gasteiger charge is -2.29. The third-order valence-corrected chi connectivity index (χ3v) is 1.39. The summed E-state index contributed by atoms with van der Waals surface area (Å²) in [5.74, 6) is 0. The second-order valence-electron chi connectivity index (χ2n) is 3.61. The van der Waals surface area contributed by atoms with Crippen LogP contribution in [0.15, 0.2) is 0 Å². The molecule has 1 fully saturated rings. The molecule has 4 heteroatoms. The molecule has 0 aromatic rings. The summed E-state index contributed by atoms with van der Waals surface area (Å²) in [6.07, 6.45) is 0.305. The first-order valence-electron chi connectivity index (χ1n) is 3.58. The molecule has 1 unspecified atom stereocenters. The maximum Gasteiger partial charge on any atom is 0.0833 e. The first kappa shape index (κ1) is 7.94. The molecule has 0 aromatic carbocycles. The molecule has 0 radical (unpaired) electrons. The lowest BCUT2D eigenvalue weighted by Crippen LogP contribution is -2.52. The van der Waals surface area contributed by atoms with Gasteiger partial charge in [0.05, 0.1) is 6.17 Å². The van der Waals surface area contributed by atoms with Crippen LogP contribution in [0.25, 0.3) is 0 Å². The normalized spacial score (nSPS) is 29.4. The van der Waals surface area contributed by atoms with Crippen LogP contribution in [-0.4, -0.2) is 16.8 Å². The SMILES string of the molecule is CC1NNN(C(C)(C)C)N1. The van der Waals surface area contributed by atoms with Crippen LogP contribution in [0, 0.1) is 0 Å². The van der Waals surface area contributed by atoms with Crippen molar-refractivity contribution in [1.82, 2.24) is 21.5 Å². The molecule has 0 amide bonds. The van der Waals surface area contributed by atoms with Gasteiger partial charge in [-0.2, -0.15) is 10.7 Å². The third kappa shape index (κ3) is 1.67. The van der Waals surface area contributed by atoms with Gasteiger partial charge < -0.3 is 0 Å². The van der Waals surface area contributed by atoms with Crippen LogP contribution in [0.2, 0.25) is 0 Å². The summed E-state index contributed by atoms with van der Waals surface area (Å²) in [4.78, 5) is 0. The fourth-order valence-electron chi connectivity index (χ4n) is 0.781. The molecule has 1 heterocycles. The molecule has 0 bridgehead atoms. The van der Waals surface area contributed by atoms with E-state index in [1.54, 1.807) is 0 Å². The van der Waals surface area contributed by atoms with Crippen LogP contribution >= 0.6 is 0 Å². The summed E-state index contributed by atoms with van der Waals surface area (Å²) in [6.45, 7) is 8.45. The van der Waals surface area contributed by atoms with Crippen molar-refractivity contribution in [3.63, 3.8) is 0 Å². The Bertz CT molecular complexity index is 117. The van der Waals surface area contributed by atoms with Crippen LogP contribution in [0.4, 0.5) is 0 Å². The van der Waals surface area contributed by atoms with Gasteiger partial charge in [0.1, 0.15) is 0 Å². The van der Waals surface area contributed by atoms with Crippen molar-refractivity contribution in [3.8, 4) is 0 Å². The van der Waals surface area contributed by atoms with Crippen LogP contribution < -0.4 is 16.4 Å². The number of rotatable bonds is 0. The van der Waals surface area contributed by atoms with E-state index in [1.165, 1.54) is 0 Å². The Morgan fingerprint density at radius 2 is 1.90 bits per heavy atom. The van der Waals surface area contributed by atoms with Gasteiger partial charge in [-0.1, -0.05) is 0 Å². The molecule has 1 rings (SSSR count). The van der Waals surface area contributed by atoms with Crippen LogP contribution in [-0.2, 0) is 0 Å². The maximum atomic E-state index is 3.20. The molecule has 1 aliphatic heterocycles. The van der Waals surface area contributed by atoms with E-state index in [2.05, 4.69) is 44.1 Å². The van der Waals surface area contributed by atoms with Crippen molar-refractivity contribution >= 4 is 0 Å². The minimum atomic E-state index is 0.109. The van der Waals surface area contributed by atoms with E-state index in [-0.39, 0.29) is 5.54 Å². The van der Waals surface area contributed by atoms with Gasteiger partial charge in [0.2, 0.25) is 0 Å². The largest absolute Gasteiger partial charge is 0.225 e. The van der Waals surface area contributed by atoms with E-state index in [9.17, 15) is 0 Å². The molecule has 0 aliphatic carbocycles. The molecule has 0 aromatic heterocycles. The quantitative estimate of drug-likeness (QED) is 0.446. The Morgan fingerprint density at radius 1 is 1.30 bits per heavy atom. The fraction of sp³-hybridized carbons (Fsp3) is 1.00. The highest BCUT2D eigenvalue weighted by atomic mass is 15.9. The molecular weight excluding hydrogens is 128 g/mol. The molecule has 3 N–H and O–H groups in total. The second-order valence-corrected chi connectivity index (χ2v) is 3.61. The van der Waals surface area contributed by atoms with Crippen LogP contribution in [0.1, 0.15) is 27.7 Å². The molecular formula is C6H16N4. The summed E-state index contributed by atoms with van der Waals surface area (Å²) < 4.78 is 0. The first-order valence-corrected chi connectivity index (χ1v) is 3.58. The van der Waals surface area contributed by atoms with Crippen molar-refractivity contribution in [2.24, 2.45) is 0 Å². The van der Waals surface area contributed by atoms with Crippen molar-refractivity contribution in [2.45, 2.75) is 39.4 Å². The van der Waals surface area contributed by atoms with E-state index in [0.29, 0.717) is 6.17 Å². The first-order chi connectivity index (χ1) is 4.50. The zero-order chi connectivity index (χ0) is 7.78. The lowest BCUT2D eigenvalue weighted by molar-refractivity contribution is 0.0503. The Balaban J connectivity index is 2.45. The summed E-state index contributed by atoms with van der Waals surface area (Å²) in [5, 5.41) is 1.96. The zero-order valence-corrected chi connectivity index (χ0v) is 7.02. The molecule has 10 heavy (non-hydrogen) atoms. The summed E-state index contributed by atoms with van der Waals surface area (Å²) in [6, 6.07) is 0. The Morgan fingerprint density at radius 3 is 2.10 bits per heavy atom.